The molecule has 5 nitrogen and oxygen atoms in total. The van der Waals surface area contributed by atoms with Crippen LogP contribution in [0.1, 0.15) is 21.6 Å². The summed E-state index contributed by atoms with van der Waals surface area (Å²) in [5.74, 6) is -2.17. The first-order valence-electron chi connectivity index (χ1n) is 10.2. The Hall–Kier alpha value is -3.49. The Labute approximate surface area is 208 Å². The van der Waals surface area contributed by atoms with Gasteiger partial charge in [0, 0.05) is 39.2 Å². The van der Waals surface area contributed by atoms with Gasteiger partial charge in [-0.15, -0.1) is 0 Å². The van der Waals surface area contributed by atoms with E-state index in [1.807, 2.05) is 0 Å². The van der Waals surface area contributed by atoms with Gasteiger partial charge >= 0.3 is 6.18 Å². The van der Waals surface area contributed by atoms with Gasteiger partial charge in [-0.25, -0.2) is 0 Å². The van der Waals surface area contributed by atoms with Crippen LogP contribution in [0.15, 0.2) is 66.7 Å². The lowest BCUT2D eigenvalue weighted by molar-refractivity contribution is -0.143. The number of Topliss-reactive ketones (excluding diaryl/α,β-unsaturated/α-hetero) is 1. The smallest absolute Gasteiger partial charge is 0.432 e. The molecule has 180 valence electrons. The maximum Gasteiger partial charge on any atom is 0.432 e. The lowest BCUT2D eigenvalue weighted by atomic mass is 10.0. The number of hydrogen-bond donors (Lipinski definition) is 1. The van der Waals surface area contributed by atoms with Crippen molar-refractivity contribution in [3.63, 3.8) is 0 Å². The molecule has 1 amide bonds. The molecule has 0 aliphatic rings. The number of fused-ring (bicyclic) bond motifs is 1. The number of nitrogens with zero attached hydrogens (tertiary/aromatic N) is 1. The van der Waals surface area contributed by atoms with Crippen LogP contribution in [0.25, 0.3) is 10.9 Å². The van der Waals surface area contributed by atoms with Crippen LogP contribution < -0.4 is 10.1 Å². The number of ether oxygens (including phenoxy) is 1. The lowest BCUT2D eigenvalue weighted by Crippen LogP contribution is -2.26. The molecule has 10 heteroatoms. The number of alkyl halides is 3. The van der Waals surface area contributed by atoms with Crippen molar-refractivity contribution in [1.29, 1.82) is 0 Å². The average molecular weight is 521 g/mol. The second-order valence-corrected chi connectivity index (χ2v) is 8.48. The van der Waals surface area contributed by atoms with Crippen LogP contribution in [-0.2, 0) is 17.5 Å². The van der Waals surface area contributed by atoms with Crippen LogP contribution in [0.5, 0.6) is 5.75 Å². The summed E-state index contributed by atoms with van der Waals surface area (Å²) in [7, 11) is 1.42. The van der Waals surface area contributed by atoms with Crippen molar-refractivity contribution in [2.24, 2.45) is 0 Å². The summed E-state index contributed by atoms with van der Waals surface area (Å²) in [5.41, 5.74) is -1.19. The molecule has 4 aromatic rings. The Morgan fingerprint density at radius 3 is 2.31 bits per heavy atom. The summed E-state index contributed by atoms with van der Waals surface area (Å²) in [6.45, 7) is -0.213. The highest BCUT2D eigenvalue weighted by Crippen LogP contribution is 2.40. The number of ketones is 1. The molecule has 35 heavy (non-hydrogen) atoms. The van der Waals surface area contributed by atoms with Crippen LogP contribution in [0.2, 0.25) is 10.0 Å². The number of amides is 1. The van der Waals surface area contributed by atoms with E-state index in [9.17, 15) is 22.8 Å². The summed E-state index contributed by atoms with van der Waals surface area (Å²) in [5, 5.41) is 2.82. The fourth-order valence-corrected chi connectivity index (χ4v) is 4.09. The van der Waals surface area contributed by atoms with Gasteiger partial charge in [0.05, 0.1) is 12.7 Å². The molecule has 0 aliphatic carbocycles. The number of carbonyl (C=O) groups is 2. The van der Waals surface area contributed by atoms with Crippen LogP contribution in [0.3, 0.4) is 0 Å². The van der Waals surface area contributed by atoms with Gasteiger partial charge in [-0.3, -0.25) is 9.59 Å². The zero-order chi connectivity index (χ0) is 25.3. The van der Waals surface area contributed by atoms with Crippen molar-refractivity contribution in [2.45, 2.75) is 12.7 Å². The quantitative estimate of drug-likeness (QED) is 0.223. The highest BCUT2D eigenvalue weighted by atomic mass is 35.5. The maximum absolute atomic E-state index is 14.4. The third kappa shape index (κ3) is 5.13. The maximum atomic E-state index is 14.4. The number of benzene rings is 3. The van der Waals surface area contributed by atoms with Gasteiger partial charge < -0.3 is 14.6 Å². The van der Waals surface area contributed by atoms with Gasteiger partial charge in [0.15, 0.2) is 0 Å². The van der Waals surface area contributed by atoms with E-state index in [2.05, 4.69) is 5.32 Å². The number of hydrogen-bond acceptors (Lipinski definition) is 3. The minimum atomic E-state index is -4.95. The van der Waals surface area contributed by atoms with Crippen molar-refractivity contribution < 1.29 is 27.5 Å². The molecule has 0 atom stereocenters. The molecule has 0 radical (unpaired) electrons. The van der Waals surface area contributed by atoms with Gasteiger partial charge in [0.1, 0.15) is 11.4 Å². The summed E-state index contributed by atoms with van der Waals surface area (Å²) < 4.78 is 49.2. The fraction of sp³-hybridized carbons (Fsp3) is 0.120. The molecule has 3 aromatic carbocycles. The predicted molar refractivity (Wildman–Crippen MR) is 128 cm³/mol. The Morgan fingerprint density at radius 2 is 1.66 bits per heavy atom. The molecule has 0 aliphatic heterocycles. The Kier molecular flexibility index (Phi) is 6.78. The highest BCUT2D eigenvalue weighted by Gasteiger charge is 2.42. The second-order valence-electron chi connectivity index (χ2n) is 7.61. The zero-order valence-corrected chi connectivity index (χ0v) is 19.6. The van der Waals surface area contributed by atoms with E-state index in [0.717, 1.165) is 4.57 Å². The van der Waals surface area contributed by atoms with Gasteiger partial charge in [0.25, 0.3) is 11.7 Å². The van der Waals surface area contributed by atoms with Crippen molar-refractivity contribution in [1.82, 2.24) is 4.57 Å². The first kappa shape index (κ1) is 24.6. The number of halogens is 5. The summed E-state index contributed by atoms with van der Waals surface area (Å²) in [4.78, 5) is 26.0. The van der Waals surface area contributed by atoms with Crippen molar-refractivity contribution in [2.75, 3.05) is 12.4 Å². The molecule has 1 heterocycles. The Bertz CT molecular complexity index is 1430. The molecule has 0 spiro atoms. The zero-order valence-electron chi connectivity index (χ0n) is 18.1. The summed E-state index contributed by atoms with van der Waals surface area (Å²) >= 11 is 12.0. The van der Waals surface area contributed by atoms with Gasteiger partial charge in [0.2, 0.25) is 0 Å². The Morgan fingerprint density at radius 1 is 0.971 bits per heavy atom. The van der Waals surface area contributed by atoms with E-state index in [1.165, 1.54) is 37.4 Å². The van der Waals surface area contributed by atoms with Crippen molar-refractivity contribution in [3.8, 4) is 5.75 Å². The van der Waals surface area contributed by atoms with Crippen LogP contribution >= 0.6 is 23.2 Å². The molecule has 0 fully saturated rings. The molecule has 0 saturated carbocycles. The van der Waals surface area contributed by atoms with E-state index in [0.29, 0.717) is 16.3 Å². The van der Waals surface area contributed by atoms with E-state index in [1.54, 1.807) is 36.4 Å². The van der Waals surface area contributed by atoms with E-state index < -0.39 is 29.1 Å². The lowest BCUT2D eigenvalue weighted by Gasteiger charge is -2.15. The molecule has 4 rings (SSSR count). The highest BCUT2D eigenvalue weighted by molar-refractivity contribution is 6.49. The predicted octanol–water partition coefficient (Wildman–Crippen LogP) is 6.85. The number of methoxy groups -OCH3 is 1. The number of nitrogens with one attached hydrogen (secondary N) is 1. The van der Waals surface area contributed by atoms with Gasteiger partial charge in [-0.1, -0.05) is 41.4 Å². The topological polar surface area (TPSA) is 60.3 Å². The molecule has 1 aromatic heterocycles. The monoisotopic (exact) mass is 520 g/mol. The van der Waals surface area contributed by atoms with E-state index in [4.69, 9.17) is 27.9 Å². The van der Waals surface area contributed by atoms with Gasteiger partial charge in [-0.2, -0.15) is 13.2 Å². The van der Waals surface area contributed by atoms with E-state index in [-0.39, 0.29) is 28.2 Å². The van der Waals surface area contributed by atoms with E-state index >= 15 is 0 Å². The second kappa shape index (κ2) is 9.64. The van der Waals surface area contributed by atoms with Crippen molar-refractivity contribution >= 4 is 51.5 Å². The SMILES string of the molecule is COc1cccc(NC(=O)C(=O)c2c(C(F)(F)F)n(Cc3ccc(Cl)cc3)c3ccc(Cl)cc23)c1. The minimum absolute atomic E-state index is 0.0791. The molecule has 0 unspecified atom stereocenters. The first-order chi connectivity index (χ1) is 16.6. The number of rotatable bonds is 6. The van der Waals surface area contributed by atoms with Crippen LogP contribution in [0.4, 0.5) is 18.9 Å². The van der Waals surface area contributed by atoms with Crippen LogP contribution in [-0.4, -0.2) is 23.4 Å². The average Bonchev–Trinajstić information content (AvgIpc) is 3.13. The summed E-state index contributed by atoms with van der Waals surface area (Å²) in [6, 6.07) is 16.4. The third-order valence-corrected chi connectivity index (χ3v) is 5.80. The molecule has 0 saturated heterocycles. The standard InChI is InChI=1S/C25H17Cl2F3N2O3/c1-35-18-4-2-3-17(12-18)31-24(34)22(33)21-19-11-16(27)9-10-20(19)32(23(21)25(28,29)30)13-14-5-7-15(26)8-6-14/h2-12H,13H2,1H3,(H,31,34). The number of carbonyl (C=O) groups excluding carboxylic acids is 2. The molecule has 0 bridgehead atoms. The normalized spacial score (nSPS) is 11.5. The summed E-state index contributed by atoms with van der Waals surface area (Å²) in [6.07, 6.45) is -4.95. The molecule has 1 N–H and O–H groups in total. The molecular formula is C25H17Cl2F3N2O3. The number of anilines is 1. The minimum Gasteiger partial charge on any atom is -0.497 e. The molecular weight excluding hydrogens is 504 g/mol. The third-order valence-electron chi connectivity index (χ3n) is 5.31. The van der Waals surface area contributed by atoms with Crippen LogP contribution in [0, 0.1) is 0 Å². The number of aromatic nitrogens is 1. The van der Waals surface area contributed by atoms with Crippen molar-refractivity contribution in [3.05, 3.63) is 93.6 Å². The Balaban J connectivity index is 1.85. The largest absolute Gasteiger partial charge is 0.497 e. The fourth-order valence-electron chi connectivity index (χ4n) is 3.79. The van der Waals surface area contributed by atoms with Gasteiger partial charge in [-0.05, 0) is 48.0 Å². The first-order valence-corrected chi connectivity index (χ1v) is 11.0.